The molecule has 0 fully saturated rings. The molecule has 8 nitrogen and oxygen atoms in total. The average Bonchev–Trinajstić information content (AvgIpc) is 2.55. The summed E-state index contributed by atoms with van der Waals surface area (Å²) in [5.41, 5.74) is -1.18. The van der Waals surface area contributed by atoms with Gasteiger partial charge < -0.3 is 14.7 Å². The van der Waals surface area contributed by atoms with E-state index >= 15 is 0 Å². The van der Waals surface area contributed by atoms with Crippen LogP contribution in [0, 0.1) is 0 Å². The lowest BCUT2D eigenvalue weighted by atomic mass is 10.2. The largest absolute Gasteiger partial charge is 0.493 e. The van der Waals surface area contributed by atoms with Crippen LogP contribution in [0.2, 0.25) is 0 Å². The molecule has 2 N–H and O–H groups in total. The standard InChI is InChI=1S/C17H22N4O4/c1-4-25-14-8-6-5-7-13(14)21-16(23)12(15(22)19-17(21)24)11-18-9-10-20(2)3/h5-8,11,23H,4,9-10H2,1-3H3,(H,19,22,24). The summed E-state index contributed by atoms with van der Waals surface area (Å²) in [5.74, 6) is -0.0561. The van der Waals surface area contributed by atoms with Gasteiger partial charge in [-0.05, 0) is 33.2 Å². The van der Waals surface area contributed by atoms with E-state index in [0.29, 0.717) is 31.1 Å². The van der Waals surface area contributed by atoms with Crippen molar-refractivity contribution in [3.63, 3.8) is 0 Å². The molecule has 0 bridgehead atoms. The molecule has 0 saturated heterocycles. The van der Waals surface area contributed by atoms with Crippen LogP contribution in [0.15, 0.2) is 38.8 Å². The molecule has 25 heavy (non-hydrogen) atoms. The van der Waals surface area contributed by atoms with Gasteiger partial charge in [-0.2, -0.15) is 0 Å². The summed E-state index contributed by atoms with van der Waals surface area (Å²) in [4.78, 5) is 32.5. The van der Waals surface area contributed by atoms with Crippen molar-refractivity contribution < 1.29 is 9.84 Å². The highest BCUT2D eigenvalue weighted by molar-refractivity contribution is 5.82. The van der Waals surface area contributed by atoms with Gasteiger partial charge >= 0.3 is 5.69 Å². The molecule has 2 rings (SSSR count). The lowest BCUT2D eigenvalue weighted by Crippen LogP contribution is -2.31. The van der Waals surface area contributed by atoms with Gasteiger partial charge in [0.15, 0.2) is 0 Å². The maximum absolute atomic E-state index is 12.2. The summed E-state index contributed by atoms with van der Waals surface area (Å²) in [5, 5.41) is 10.5. The van der Waals surface area contributed by atoms with Gasteiger partial charge in [-0.15, -0.1) is 0 Å². The quantitative estimate of drug-likeness (QED) is 0.716. The molecule has 134 valence electrons. The predicted octanol–water partition coefficient (Wildman–Crippen LogP) is 0.611. The number of aromatic nitrogens is 2. The van der Waals surface area contributed by atoms with Crippen molar-refractivity contribution in [3.05, 3.63) is 50.7 Å². The Morgan fingerprint density at radius 3 is 2.72 bits per heavy atom. The third-order valence-corrected chi connectivity index (χ3v) is 3.42. The number of hydrogen-bond acceptors (Lipinski definition) is 6. The zero-order valence-electron chi connectivity index (χ0n) is 14.5. The van der Waals surface area contributed by atoms with Crippen LogP contribution >= 0.6 is 0 Å². The Labute approximate surface area is 145 Å². The molecule has 0 spiro atoms. The van der Waals surface area contributed by atoms with Crippen molar-refractivity contribution in [2.45, 2.75) is 6.92 Å². The number of nitrogens with zero attached hydrogens (tertiary/aromatic N) is 3. The van der Waals surface area contributed by atoms with Crippen LogP contribution < -0.4 is 16.0 Å². The molecule has 8 heteroatoms. The summed E-state index contributed by atoms with van der Waals surface area (Å²) >= 11 is 0. The maximum Gasteiger partial charge on any atom is 0.335 e. The third kappa shape index (κ3) is 4.36. The molecule has 0 radical (unpaired) electrons. The highest BCUT2D eigenvalue weighted by atomic mass is 16.5. The Morgan fingerprint density at radius 1 is 1.32 bits per heavy atom. The molecular formula is C17H22N4O4. The summed E-state index contributed by atoms with van der Waals surface area (Å²) < 4.78 is 6.49. The lowest BCUT2D eigenvalue weighted by Gasteiger charge is -2.14. The normalized spacial score (nSPS) is 11.4. The molecule has 0 aliphatic rings. The van der Waals surface area contributed by atoms with Crippen molar-refractivity contribution in [1.29, 1.82) is 0 Å². The topological polar surface area (TPSA) is 99.9 Å². The highest BCUT2D eigenvalue weighted by Gasteiger charge is 2.16. The number of ether oxygens (including phenoxy) is 1. The first-order valence-electron chi connectivity index (χ1n) is 7.90. The minimum Gasteiger partial charge on any atom is -0.493 e. The molecule has 0 atom stereocenters. The van der Waals surface area contributed by atoms with Crippen molar-refractivity contribution in [2.75, 3.05) is 33.8 Å². The number of benzene rings is 1. The van der Waals surface area contributed by atoms with Gasteiger partial charge in [-0.25, -0.2) is 9.36 Å². The predicted molar refractivity (Wildman–Crippen MR) is 96.5 cm³/mol. The molecule has 1 aromatic carbocycles. The SMILES string of the molecule is CCOc1ccccc1-n1c(O)c(C=NCCN(C)C)c(=O)[nH]c1=O. The molecule has 0 aliphatic carbocycles. The monoisotopic (exact) mass is 346 g/mol. The van der Waals surface area contributed by atoms with Crippen LogP contribution in [0.1, 0.15) is 12.5 Å². The summed E-state index contributed by atoms with van der Waals surface area (Å²) in [6, 6.07) is 6.77. The van der Waals surface area contributed by atoms with Gasteiger partial charge in [0.05, 0.1) is 18.8 Å². The van der Waals surface area contributed by atoms with Gasteiger partial charge in [-0.1, -0.05) is 12.1 Å². The molecule has 0 aliphatic heterocycles. The molecule has 0 amide bonds. The van der Waals surface area contributed by atoms with Gasteiger partial charge in [-0.3, -0.25) is 14.8 Å². The molecule has 1 aromatic heterocycles. The van der Waals surface area contributed by atoms with Crippen LogP contribution in [0.4, 0.5) is 0 Å². The molecule has 0 unspecified atom stereocenters. The van der Waals surface area contributed by atoms with Crippen molar-refractivity contribution >= 4 is 6.21 Å². The van der Waals surface area contributed by atoms with E-state index in [1.165, 1.54) is 6.21 Å². The summed E-state index contributed by atoms with van der Waals surface area (Å²) in [6.45, 7) is 3.37. The van der Waals surface area contributed by atoms with E-state index in [-0.39, 0.29) is 5.56 Å². The maximum atomic E-state index is 12.2. The smallest absolute Gasteiger partial charge is 0.335 e. The van der Waals surface area contributed by atoms with Crippen molar-refractivity contribution in [2.24, 2.45) is 4.99 Å². The number of aromatic amines is 1. The van der Waals surface area contributed by atoms with Crippen LogP contribution in [0.5, 0.6) is 11.6 Å². The number of rotatable bonds is 7. The second kappa shape index (κ2) is 8.29. The number of aromatic hydroxyl groups is 1. The number of para-hydroxylation sites is 2. The van der Waals surface area contributed by atoms with Crippen molar-refractivity contribution in [3.8, 4) is 17.3 Å². The zero-order valence-corrected chi connectivity index (χ0v) is 14.5. The van der Waals surface area contributed by atoms with Crippen LogP contribution in [-0.2, 0) is 0 Å². The fourth-order valence-corrected chi connectivity index (χ4v) is 2.21. The molecule has 2 aromatic rings. The average molecular weight is 346 g/mol. The molecule has 0 saturated carbocycles. The fourth-order valence-electron chi connectivity index (χ4n) is 2.21. The fraction of sp³-hybridized carbons (Fsp3) is 0.353. The molecular weight excluding hydrogens is 324 g/mol. The second-order valence-electron chi connectivity index (χ2n) is 5.57. The first kappa shape index (κ1) is 18.5. The van der Waals surface area contributed by atoms with E-state index in [4.69, 9.17) is 4.74 Å². The zero-order chi connectivity index (χ0) is 18.4. The number of aliphatic imine (C=N–C) groups is 1. The number of nitrogens with one attached hydrogen (secondary N) is 1. The van der Waals surface area contributed by atoms with Gasteiger partial charge in [0.25, 0.3) is 5.56 Å². The highest BCUT2D eigenvalue weighted by Crippen LogP contribution is 2.25. The van der Waals surface area contributed by atoms with Gasteiger partial charge in [0, 0.05) is 12.8 Å². The minimum absolute atomic E-state index is 0.0790. The van der Waals surface area contributed by atoms with E-state index in [2.05, 4.69) is 9.98 Å². The third-order valence-electron chi connectivity index (χ3n) is 3.42. The Morgan fingerprint density at radius 2 is 2.04 bits per heavy atom. The van der Waals surface area contributed by atoms with Crippen LogP contribution in [0.25, 0.3) is 5.69 Å². The number of hydrogen-bond donors (Lipinski definition) is 2. The van der Waals surface area contributed by atoms with E-state index in [0.717, 1.165) is 4.57 Å². The second-order valence-corrected chi connectivity index (χ2v) is 5.57. The summed E-state index contributed by atoms with van der Waals surface area (Å²) in [7, 11) is 3.81. The van der Waals surface area contributed by atoms with Crippen molar-refractivity contribution in [1.82, 2.24) is 14.5 Å². The van der Waals surface area contributed by atoms with Crippen LogP contribution in [-0.4, -0.2) is 59.6 Å². The Kier molecular flexibility index (Phi) is 6.13. The van der Waals surface area contributed by atoms with E-state index in [1.54, 1.807) is 24.3 Å². The Hall–Kier alpha value is -2.87. The molecule has 1 heterocycles. The van der Waals surface area contributed by atoms with E-state index in [9.17, 15) is 14.7 Å². The lowest BCUT2D eigenvalue weighted by molar-refractivity contribution is 0.336. The van der Waals surface area contributed by atoms with Gasteiger partial charge in [0.2, 0.25) is 5.88 Å². The number of likely N-dealkylation sites (N-methyl/N-ethyl adjacent to an activating group) is 1. The minimum atomic E-state index is -0.750. The van der Waals surface area contributed by atoms with E-state index < -0.39 is 17.1 Å². The Balaban J connectivity index is 2.52. The Bertz CT molecular complexity index is 868. The number of H-pyrrole nitrogens is 1. The summed E-state index contributed by atoms with van der Waals surface area (Å²) in [6.07, 6.45) is 1.27. The first-order chi connectivity index (χ1) is 12.0. The van der Waals surface area contributed by atoms with E-state index in [1.807, 2.05) is 25.9 Å². The van der Waals surface area contributed by atoms with Gasteiger partial charge in [0.1, 0.15) is 11.3 Å². The first-order valence-corrected chi connectivity index (χ1v) is 7.90. The van der Waals surface area contributed by atoms with Crippen LogP contribution in [0.3, 0.4) is 0 Å².